The summed E-state index contributed by atoms with van der Waals surface area (Å²) in [7, 11) is 0. The summed E-state index contributed by atoms with van der Waals surface area (Å²) in [5.74, 6) is 3.52. The van der Waals surface area contributed by atoms with Crippen LogP contribution in [0, 0.1) is 0 Å². The van der Waals surface area contributed by atoms with Gasteiger partial charge in [-0.2, -0.15) is 0 Å². The van der Waals surface area contributed by atoms with Gasteiger partial charge in [-0.25, -0.2) is 9.98 Å². The van der Waals surface area contributed by atoms with Gasteiger partial charge in [0.2, 0.25) is 0 Å². The first-order valence-electron chi connectivity index (χ1n) is 10.0. The van der Waals surface area contributed by atoms with E-state index in [9.17, 15) is 0 Å². The first kappa shape index (κ1) is 23.1. The van der Waals surface area contributed by atoms with Gasteiger partial charge in [0.05, 0.1) is 12.2 Å². The van der Waals surface area contributed by atoms with Crippen molar-refractivity contribution in [2.45, 2.75) is 71.9 Å². The fourth-order valence-electron chi connectivity index (χ4n) is 3.17. The normalized spacial score (nSPS) is 14.4. The third-order valence-electron chi connectivity index (χ3n) is 4.70. The average molecular weight is 517 g/mol. The van der Waals surface area contributed by atoms with Gasteiger partial charge in [0.15, 0.2) is 5.96 Å². The van der Waals surface area contributed by atoms with Crippen LogP contribution in [0.15, 0.2) is 10.4 Å². The third kappa shape index (κ3) is 6.40. The van der Waals surface area contributed by atoms with Gasteiger partial charge in [-0.3, -0.25) is 0 Å². The van der Waals surface area contributed by atoms with Crippen molar-refractivity contribution < 1.29 is 0 Å². The zero-order chi connectivity index (χ0) is 19.1. The molecule has 9 heteroatoms. The number of nitrogens with one attached hydrogen (secondary N) is 2. The number of rotatable bonds is 7. The lowest BCUT2D eigenvalue weighted by molar-refractivity contribution is 0.600. The van der Waals surface area contributed by atoms with Gasteiger partial charge in [0.25, 0.3) is 0 Å². The van der Waals surface area contributed by atoms with Crippen LogP contribution >= 0.6 is 35.3 Å². The smallest absolute Gasteiger partial charge is 0.191 e. The van der Waals surface area contributed by atoms with E-state index in [1.54, 1.807) is 11.3 Å². The zero-order valence-corrected chi connectivity index (χ0v) is 20.2. The SMILES string of the molecule is CCNC(=NCc1nc(C(C)C)cs1)NCCc1nnc2n1CCCCC2.I. The van der Waals surface area contributed by atoms with Crippen LogP contribution in [0.25, 0.3) is 0 Å². The van der Waals surface area contributed by atoms with Gasteiger partial charge in [-0.15, -0.1) is 45.5 Å². The Kier molecular flexibility index (Phi) is 9.63. The van der Waals surface area contributed by atoms with Crippen LogP contribution in [0.3, 0.4) is 0 Å². The fraction of sp³-hybridized carbons (Fsp3) is 0.684. The van der Waals surface area contributed by atoms with E-state index < -0.39 is 0 Å². The molecule has 0 spiro atoms. The Labute approximate surface area is 188 Å². The minimum absolute atomic E-state index is 0. The summed E-state index contributed by atoms with van der Waals surface area (Å²) in [6, 6.07) is 0. The van der Waals surface area contributed by atoms with Crippen LogP contribution in [0.4, 0.5) is 0 Å². The molecule has 1 aliphatic heterocycles. The van der Waals surface area contributed by atoms with Gasteiger partial charge < -0.3 is 15.2 Å². The highest BCUT2D eigenvalue weighted by Gasteiger charge is 2.14. The van der Waals surface area contributed by atoms with E-state index in [0.29, 0.717) is 12.5 Å². The summed E-state index contributed by atoms with van der Waals surface area (Å²) in [6.45, 7) is 9.69. The molecule has 0 bridgehead atoms. The molecule has 0 aliphatic carbocycles. The standard InChI is InChI=1S/C19H31N7S.HI/c1-4-20-19(22-12-18-23-15(13-27-18)14(2)3)21-10-9-17-25-24-16-8-6-5-7-11-26(16)17;/h13-14H,4-12H2,1-3H3,(H2,20,21,22);1H. The number of halogens is 1. The van der Waals surface area contributed by atoms with Crippen LogP contribution in [-0.4, -0.2) is 38.8 Å². The molecule has 3 rings (SSSR count). The molecule has 2 aromatic rings. The van der Waals surface area contributed by atoms with Crippen LogP contribution in [0.1, 0.15) is 68.3 Å². The molecule has 7 nitrogen and oxygen atoms in total. The molecule has 0 radical (unpaired) electrons. The van der Waals surface area contributed by atoms with E-state index in [1.807, 2.05) is 0 Å². The summed E-state index contributed by atoms with van der Waals surface area (Å²) in [5.41, 5.74) is 1.15. The predicted molar refractivity (Wildman–Crippen MR) is 126 cm³/mol. The highest BCUT2D eigenvalue weighted by Crippen LogP contribution is 2.18. The van der Waals surface area contributed by atoms with Gasteiger partial charge >= 0.3 is 0 Å². The first-order chi connectivity index (χ1) is 13.2. The molecule has 0 amide bonds. The molecule has 2 N–H and O–H groups in total. The fourth-order valence-corrected chi connectivity index (χ4v) is 4.05. The molecule has 0 aromatic carbocycles. The van der Waals surface area contributed by atoms with E-state index in [2.05, 4.69) is 61.5 Å². The number of aliphatic imine (C=N–C) groups is 1. The van der Waals surface area contributed by atoms with Crippen molar-refractivity contribution in [3.63, 3.8) is 0 Å². The zero-order valence-electron chi connectivity index (χ0n) is 17.1. The van der Waals surface area contributed by atoms with Gasteiger partial charge in [0.1, 0.15) is 16.7 Å². The summed E-state index contributed by atoms with van der Waals surface area (Å²) >= 11 is 1.68. The molecule has 28 heavy (non-hydrogen) atoms. The Balaban J connectivity index is 0.00000280. The van der Waals surface area contributed by atoms with Gasteiger partial charge in [-0.05, 0) is 25.7 Å². The van der Waals surface area contributed by atoms with Crippen LogP contribution in [-0.2, 0) is 25.9 Å². The number of guanidine groups is 1. The Morgan fingerprint density at radius 2 is 2.11 bits per heavy atom. The summed E-state index contributed by atoms with van der Waals surface area (Å²) < 4.78 is 2.31. The second-order valence-electron chi connectivity index (χ2n) is 7.19. The van der Waals surface area contributed by atoms with E-state index in [-0.39, 0.29) is 24.0 Å². The molecule has 0 saturated heterocycles. The van der Waals surface area contributed by atoms with Crippen molar-refractivity contribution in [3.05, 3.63) is 27.7 Å². The molecule has 1 aliphatic rings. The molecule has 156 valence electrons. The highest BCUT2D eigenvalue weighted by atomic mass is 127. The highest BCUT2D eigenvalue weighted by molar-refractivity contribution is 14.0. The maximum atomic E-state index is 4.68. The van der Waals surface area contributed by atoms with E-state index in [1.165, 1.54) is 19.3 Å². The maximum Gasteiger partial charge on any atom is 0.191 e. The number of thiazole rings is 1. The van der Waals surface area contributed by atoms with Crippen molar-refractivity contribution in [2.24, 2.45) is 4.99 Å². The maximum absolute atomic E-state index is 4.68. The number of aromatic nitrogens is 4. The monoisotopic (exact) mass is 517 g/mol. The molecule has 0 fully saturated rings. The van der Waals surface area contributed by atoms with Crippen molar-refractivity contribution >= 4 is 41.3 Å². The molecular weight excluding hydrogens is 485 g/mol. The number of fused-ring (bicyclic) bond motifs is 1. The van der Waals surface area contributed by atoms with Crippen molar-refractivity contribution in [2.75, 3.05) is 13.1 Å². The number of hydrogen-bond acceptors (Lipinski definition) is 5. The minimum atomic E-state index is 0. The second kappa shape index (κ2) is 11.7. The van der Waals surface area contributed by atoms with Crippen molar-refractivity contribution in [3.8, 4) is 0 Å². The second-order valence-corrected chi connectivity index (χ2v) is 8.13. The van der Waals surface area contributed by atoms with Gasteiger partial charge in [-0.1, -0.05) is 20.3 Å². The quantitative estimate of drug-likeness (QED) is 0.334. The Morgan fingerprint density at radius 3 is 2.86 bits per heavy atom. The van der Waals surface area contributed by atoms with E-state index in [0.717, 1.165) is 60.8 Å². The molecule has 3 heterocycles. The van der Waals surface area contributed by atoms with Gasteiger partial charge in [0, 0.05) is 37.9 Å². The third-order valence-corrected chi connectivity index (χ3v) is 5.56. The molecule has 0 saturated carbocycles. The Bertz CT molecular complexity index is 753. The number of aryl methyl sites for hydroxylation is 1. The molecule has 0 unspecified atom stereocenters. The Hall–Kier alpha value is -1.23. The van der Waals surface area contributed by atoms with Crippen LogP contribution in [0.5, 0.6) is 0 Å². The predicted octanol–water partition coefficient (Wildman–Crippen LogP) is 3.50. The van der Waals surface area contributed by atoms with Crippen molar-refractivity contribution in [1.29, 1.82) is 0 Å². The Morgan fingerprint density at radius 1 is 1.25 bits per heavy atom. The van der Waals surface area contributed by atoms with E-state index >= 15 is 0 Å². The lowest BCUT2D eigenvalue weighted by Crippen LogP contribution is -2.38. The topological polar surface area (TPSA) is 80.0 Å². The molecule has 2 aromatic heterocycles. The van der Waals surface area contributed by atoms with Crippen LogP contribution in [0.2, 0.25) is 0 Å². The summed E-state index contributed by atoms with van der Waals surface area (Å²) in [5, 5.41) is 18.7. The van der Waals surface area contributed by atoms with E-state index in [4.69, 9.17) is 0 Å². The lowest BCUT2D eigenvalue weighted by atomic mass is 10.2. The molecular formula is C19H32IN7S. The summed E-state index contributed by atoms with van der Waals surface area (Å²) in [4.78, 5) is 9.33. The lowest BCUT2D eigenvalue weighted by Gasteiger charge is -2.11. The van der Waals surface area contributed by atoms with Crippen LogP contribution < -0.4 is 10.6 Å². The number of hydrogen-bond donors (Lipinski definition) is 2. The first-order valence-corrected chi connectivity index (χ1v) is 10.9. The largest absolute Gasteiger partial charge is 0.357 e. The average Bonchev–Trinajstić information content (AvgIpc) is 3.21. The summed E-state index contributed by atoms with van der Waals surface area (Å²) in [6.07, 6.45) is 5.64. The minimum Gasteiger partial charge on any atom is -0.357 e. The van der Waals surface area contributed by atoms with Crippen molar-refractivity contribution in [1.82, 2.24) is 30.4 Å². The molecule has 0 atom stereocenters. The number of nitrogens with zero attached hydrogens (tertiary/aromatic N) is 5.